The van der Waals surface area contributed by atoms with E-state index in [1.165, 1.54) is 6.08 Å². The van der Waals surface area contributed by atoms with Crippen molar-refractivity contribution < 1.29 is 9.59 Å². The first-order valence-corrected chi connectivity index (χ1v) is 5.24. The van der Waals surface area contributed by atoms with Crippen LogP contribution in [-0.2, 0) is 9.59 Å². The van der Waals surface area contributed by atoms with E-state index in [1.54, 1.807) is 6.92 Å². The van der Waals surface area contributed by atoms with E-state index in [4.69, 9.17) is 0 Å². The van der Waals surface area contributed by atoms with Gasteiger partial charge < -0.3 is 5.32 Å². The third-order valence-electron chi connectivity index (χ3n) is 2.50. The van der Waals surface area contributed by atoms with E-state index < -0.39 is 0 Å². The molecule has 0 saturated carbocycles. The molecule has 0 aromatic carbocycles. The summed E-state index contributed by atoms with van der Waals surface area (Å²) in [6.07, 6.45) is 1.46. The lowest BCUT2D eigenvalue weighted by Crippen LogP contribution is -2.29. The van der Waals surface area contributed by atoms with Crippen molar-refractivity contribution >= 4 is 11.6 Å². The average Bonchev–Trinajstić information content (AvgIpc) is 2.18. The second-order valence-electron chi connectivity index (χ2n) is 3.98. The van der Waals surface area contributed by atoms with E-state index >= 15 is 0 Å². The molecule has 0 aromatic heterocycles. The molecular weight excluding hydrogens is 190 g/mol. The molecule has 0 atom stereocenters. The highest BCUT2D eigenvalue weighted by Crippen LogP contribution is 2.22. The lowest BCUT2D eigenvalue weighted by atomic mass is 9.88. The van der Waals surface area contributed by atoms with Crippen molar-refractivity contribution in [2.24, 2.45) is 5.92 Å². The molecule has 1 aliphatic carbocycles. The summed E-state index contributed by atoms with van der Waals surface area (Å²) in [6, 6.07) is 0. The summed E-state index contributed by atoms with van der Waals surface area (Å²) in [7, 11) is 0. The largest absolute Gasteiger partial charge is 0.382 e. The number of likely N-dealkylation sites (N-methyl/N-ethyl adjacent to an activating group) is 1. The van der Waals surface area contributed by atoms with Gasteiger partial charge in [0.05, 0.1) is 5.70 Å². The van der Waals surface area contributed by atoms with Crippen LogP contribution in [0.5, 0.6) is 0 Å². The third kappa shape index (κ3) is 2.17. The maximum absolute atomic E-state index is 12.0. The molecule has 0 spiro atoms. The first-order chi connectivity index (χ1) is 6.99. The second kappa shape index (κ2) is 4.43. The van der Waals surface area contributed by atoms with Crippen LogP contribution in [0.1, 0.15) is 27.7 Å². The molecule has 3 heteroatoms. The number of hydrogen-bond donors (Lipinski definition) is 1. The Hall–Kier alpha value is -1.38. The molecule has 1 aliphatic rings. The standard InChI is InChI=1S/C12H17NO2/c1-5-13-11-8(4)10(14)6-9(7(2)3)12(11)15/h6-7,13H,5H2,1-4H3. The molecule has 1 rings (SSSR count). The smallest absolute Gasteiger partial charge is 0.205 e. The number of nitrogens with one attached hydrogen (secondary N) is 1. The fourth-order valence-electron chi connectivity index (χ4n) is 1.57. The van der Waals surface area contributed by atoms with Crippen molar-refractivity contribution in [2.45, 2.75) is 27.7 Å². The molecule has 0 unspecified atom stereocenters. The molecule has 0 aromatic rings. The minimum Gasteiger partial charge on any atom is -0.382 e. The van der Waals surface area contributed by atoms with Crippen molar-refractivity contribution in [1.29, 1.82) is 0 Å². The molecule has 0 radical (unpaired) electrons. The van der Waals surface area contributed by atoms with Crippen molar-refractivity contribution in [3.63, 3.8) is 0 Å². The normalized spacial score (nSPS) is 17.3. The number of rotatable bonds is 3. The lowest BCUT2D eigenvalue weighted by Gasteiger charge is -2.19. The molecular formula is C12H17NO2. The third-order valence-corrected chi connectivity index (χ3v) is 2.50. The van der Waals surface area contributed by atoms with E-state index in [2.05, 4.69) is 5.32 Å². The van der Waals surface area contributed by atoms with Gasteiger partial charge in [-0.05, 0) is 25.8 Å². The van der Waals surface area contributed by atoms with Crippen molar-refractivity contribution in [3.8, 4) is 0 Å². The van der Waals surface area contributed by atoms with Crippen molar-refractivity contribution in [3.05, 3.63) is 22.9 Å². The van der Waals surface area contributed by atoms with Gasteiger partial charge in [-0.2, -0.15) is 0 Å². The molecule has 15 heavy (non-hydrogen) atoms. The van der Waals surface area contributed by atoms with E-state index in [9.17, 15) is 9.59 Å². The molecule has 82 valence electrons. The quantitative estimate of drug-likeness (QED) is 0.715. The Balaban J connectivity index is 3.11. The van der Waals surface area contributed by atoms with Gasteiger partial charge in [0.25, 0.3) is 0 Å². The summed E-state index contributed by atoms with van der Waals surface area (Å²) in [5.74, 6) is -0.0126. The Morgan fingerprint density at radius 2 is 1.93 bits per heavy atom. The van der Waals surface area contributed by atoms with Gasteiger partial charge in [0.2, 0.25) is 5.78 Å². The maximum atomic E-state index is 12.0. The minimum atomic E-state index is -0.0609. The molecule has 0 amide bonds. The summed E-state index contributed by atoms with van der Waals surface area (Å²) < 4.78 is 0. The van der Waals surface area contributed by atoms with Gasteiger partial charge in [-0.15, -0.1) is 0 Å². The van der Waals surface area contributed by atoms with Crippen LogP contribution in [0.3, 0.4) is 0 Å². The van der Waals surface area contributed by atoms with E-state index in [0.717, 1.165) is 0 Å². The van der Waals surface area contributed by atoms with E-state index in [0.29, 0.717) is 23.4 Å². The van der Waals surface area contributed by atoms with E-state index in [1.807, 2.05) is 20.8 Å². The lowest BCUT2D eigenvalue weighted by molar-refractivity contribution is -0.116. The average molecular weight is 207 g/mol. The number of carbonyl (C=O) groups excluding carboxylic acids is 2. The summed E-state index contributed by atoms with van der Waals surface area (Å²) in [4.78, 5) is 23.6. The molecule has 0 heterocycles. The van der Waals surface area contributed by atoms with Gasteiger partial charge in [-0.25, -0.2) is 0 Å². The summed E-state index contributed by atoms with van der Waals surface area (Å²) in [5, 5.41) is 2.97. The number of Topliss-reactive ketones (excluding diaryl/α,β-unsaturated/α-hetero) is 1. The number of hydrogen-bond acceptors (Lipinski definition) is 3. The van der Waals surface area contributed by atoms with Crippen LogP contribution in [0.4, 0.5) is 0 Å². The van der Waals surface area contributed by atoms with Gasteiger partial charge in [-0.3, -0.25) is 9.59 Å². The monoisotopic (exact) mass is 207 g/mol. The summed E-state index contributed by atoms with van der Waals surface area (Å²) in [6.45, 7) is 8.08. The highest BCUT2D eigenvalue weighted by Gasteiger charge is 2.26. The first-order valence-electron chi connectivity index (χ1n) is 5.24. The molecule has 3 nitrogen and oxygen atoms in total. The highest BCUT2D eigenvalue weighted by molar-refractivity contribution is 6.22. The zero-order valence-corrected chi connectivity index (χ0v) is 9.68. The number of ketones is 2. The molecule has 0 fully saturated rings. The van der Waals surface area contributed by atoms with Gasteiger partial charge in [-0.1, -0.05) is 13.8 Å². The number of allylic oxidation sites excluding steroid dienone is 3. The van der Waals surface area contributed by atoms with Crippen LogP contribution in [0.2, 0.25) is 0 Å². The SMILES string of the molecule is CCNC1=C(C)C(=O)C=C(C(C)C)C1=O. The van der Waals surface area contributed by atoms with Gasteiger partial charge >= 0.3 is 0 Å². The molecule has 1 N–H and O–H groups in total. The van der Waals surface area contributed by atoms with Gasteiger partial charge in [0.1, 0.15) is 0 Å². The number of carbonyl (C=O) groups is 2. The summed E-state index contributed by atoms with van der Waals surface area (Å²) >= 11 is 0. The fourth-order valence-corrected chi connectivity index (χ4v) is 1.57. The van der Waals surface area contributed by atoms with Crippen molar-refractivity contribution in [2.75, 3.05) is 6.54 Å². The topological polar surface area (TPSA) is 46.2 Å². The Labute approximate surface area is 90.2 Å². The predicted molar refractivity (Wildman–Crippen MR) is 59.3 cm³/mol. The fraction of sp³-hybridized carbons (Fsp3) is 0.500. The Bertz CT molecular complexity index is 362. The van der Waals surface area contributed by atoms with Crippen LogP contribution in [0, 0.1) is 5.92 Å². The van der Waals surface area contributed by atoms with Crippen LogP contribution in [-0.4, -0.2) is 18.1 Å². The van der Waals surface area contributed by atoms with E-state index in [-0.39, 0.29) is 17.5 Å². The van der Waals surface area contributed by atoms with Gasteiger partial charge in [0, 0.05) is 17.7 Å². The van der Waals surface area contributed by atoms with Crippen LogP contribution in [0.15, 0.2) is 22.9 Å². The Morgan fingerprint density at radius 1 is 1.33 bits per heavy atom. The van der Waals surface area contributed by atoms with Crippen LogP contribution in [0.25, 0.3) is 0 Å². The predicted octanol–water partition coefficient (Wildman–Crippen LogP) is 1.60. The maximum Gasteiger partial charge on any atom is 0.205 e. The molecule has 0 bridgehead atoms. The Morgan fingerprint density at radius 3 is 2.40 bits per heavy atom. The summed E-state index contributed by atoms with van der Waals surface area (Å²) in [5.41, 5.74) is 1.58. The minimum absolute atomic E-state index is 0.0380. The highest BCUT2D eigenvalue weighted by atomic mass is 16.1. The molecule has 0 aliphatic heterocycles. The van der Waals surface area contributed by atoms with Crippen LogP contribution >= 0.6 is 0 Å². The van der Waals surface area contributed by atoms with Crippen LogP contribution < -0.4 is 5.32 Å². The zero-order chi connectivity index (χ0) is 11.6. The zero-order valence-electron chi connectivity index (χ0n) is 9.68. The second-order valence-corrected chi connectivity index (χ2v) is 3.98. The molecule has 0 saturated heterocycles. The van der Waals surface area contributed by atoms with Gasteiger partial charge in [0.15, 0.2) is 5.78 Å². The Kier molecular flexibility index (Phi) is 3.45. The first kappa shape index (κ1) is 11.7. The van der Waals surface area contributed by atoms with Crippen molar-refractivity contribution in [1.82, 2.24) is 5.32 Å².